The van der Waals surface area contributed by atoms with Crippen LogP contribution in [-0.4, -0.2) is 33.7 Å². The quantitative estimate of drug-likeness (QED) is 0.779. The molecule has 3 N–H and O–H groups in total. The summed E-state index contributed by atoms with van der Waals surface area (Å²) >= 11 is 1.39. The van der Waals surface area contributed by atoms with Gasteiger partial charge >= 0.3 is 12.0 Å². The topological polar surface area (TPSA) is 103 Å². The largest absolute Gasteiger partial charge is 0.508 e. The highest BCUT2D eigenvalue weighted by Crippen LogP contribution is 2.18. The second-order valence-corrected chi connectivity index (χ2v) is 5.09. The Morgan fingerprint density at radius 3 is 2.57 bits per heavy atom. The summed E-state index contributed by atoms with van der Waals surface area (Å²) in [6, 6.07) is 5.20. The summed E-state index contributed by atoms with van der Waals surface area (Å²) in [5.74, 6) is -1.09. The highest BCUT2D eigenvalue weighted by Gasteiger charge is 2.18. The highest BCUT2D eigenvalue weighted by molar-refractivity contribution is 7.09. The number of rotatable bonds is 5. The molecule has 2 aromatic rings. The van der Waals surface area contributed by atoms with Crippen LogP contribution in [0.4, 0.5) is 10.5 Å². The third-order valence-electron chi connectivity index (χ3n) is 2.60. The zero-order valence-electron chi connectivity index (χ0n) is 10.9. The van der Waals surface area contributed by atoms with Gasteiger partial charge in [0.2, 0.25) is 0 Å². The minimum absolute atomic E-state index is 0.0408. The Morgan fingerprint density at radius 1 is 1.29 bits per heavy atom. The van der Waals surface area contributed by atoms with Crippen LogP contribution < -0.4 is 10.2 Å². The van der Waals surface area contributed by atoms with E-state index in [2.05, 4.69) is 10.3 Å². The number of benzene rings is 1. The number of amides is 2. The maximum absolute atomic E-state index is 12.1. The normalized spacial score (nSPS) is 10.1. The van der Waals surface area contributed by atoms with Gasteiger partial charge in [-0.25, -0.2) is 4.79 Å². The second-order valence-electron chi connectivity index (χ2n) is 4.12. The Labute approximate surface area is 124 Å². The first-order valence-corrected chi connectivity index (χ1v) is 6.88. The number of aliphatic carboxylic acids is 1. The number of nitrogens with zero attached hydrogens (tertiary/aromatic N) is 2. The SMILES string of the molecule is O=C(O)CN(C(=O)NCc1cncs1)c1ccc(O)cc1. The smallest absolute Gasteiger partial charge is 0.323 e. The van der Waals surface area contributed by atoms with Crippen molar-refractivity contribution in [1.82, 2.24) is 10.3 Å². The number of carboxylic acids is 1. The first-order valence-electron chi connectivity index (χ1n) is 6.00. The average Bonchev–Trinajstić information content (AvgIpc) is 2.96. The maximum Gasteiger partial charge on any atom is 0.323 e. The van der Waals surface area contributed by atoms with Crippen LogP contribution in [-0.2, 0) is 11.3 Å². The van der Waals surface area contributed by atoms with E-state index in [-0.39, 0.29) is 12.3 Å². The third-order valence-corrected chi connectivity index (χ3v) is 3.38. The zero-order chi connectivity index (χ0) is 15.2. The number of carbonyl (C=O) groups is 2. The van der Waals surface area contributed by atoms with E-state index in [1.165, 1.54) is 35.6 Å². The van der Waals surface area contributed by atoms with Crippen LogP contribution >= 0.6 is 11.3 Å². The van der Waals surface area contributed by atoms with Crippen molar-refractivity contribution in [3.8, 4) is 5.75 Å². The number of nitrogens with one attached hydrogen (secondary N) is 1. The predicted molar refractivity (Wildman–Crippen MR) is 77.4 cm³/mol. The minimum atomic E-state index is -1.13. The van der Waals surface area contributed by atoms with Crippen LogP contribution in [0.1, 0.15) is 4.88 Å². The number of anilines is 1. The molecule has 0 bridgehead atoms. The molecule has 0 unspecified atom stereocenters. The number of urea groups is 1. The van der Waals surface area contributed by atoms with Gasteiger partial charge in [0.05, 0.1) is 12.1 Å². The Bertz CT molecular complexity index is 613. The number of aromatic hydroxyl groups is 1. The molecule has 0 fully saturated rings. The molecule has 0 aliphatic heterocycles. The molecule has 0 aliphatic carbocycles. The van der Waals surface area contributed by atoms with Crippen LogP contribution in [0.15, 0.2) is 36.0 Å². The van der Waals surface area contributed by atoms with Crippen LogP contribution in [0, 0.1) is 0 Å². The van der Waals surface area contributed by atoms with Crippen LogP contribution in [0.2, 0.25) is 0 Å². The van der Waals surface area contributed by atoms with Gasteiger partial charge in [0.15, 0.2) is 0 Å². The van der Waals surface area contributed by atoms with Gasteiger partial charge in [0.25, 0.3) is 0 Å². The first kappa shape index (κ1) is 14.8. The molecule has 1 heterocycles. The Kier molecular flexibility index (Phi) is 4.72. The van der Waals surface area contributed by atoms with E-state index in [1.54, 1.807) is 11.7 Å². The van der Waals surface area contributed by atoms with E-state index in [1.807, 2.05) is 0 Å². The monoisotopic (exact) mass is 307 g/mol. The number of carboxylic acid groups (broad SMARTS) is 1. The van der Waals surface area contributed by atoms with E-state index in [9.17, 15) is 14.7 Å². The Morgan fingerprint density at radius 2 is 2.00 bits per heavy atom. The minimum Gasteiger partial charge on any atom is -0.508 e. The lowest BCUT2D eigenvalue weighted by atomic mass is 10.2. The summed E-state index contributed by atoms with van der Waals surface area (Å²) < 4.78 is 0. The lowest BCUT2D eigenvalue weighted by Gasteiger charge is -2.21. The van der Waals surface area contributed by atoms with Gasteiger partial charge in [0.1, 0.15) is 12.3 Å². The van der Waals surface area contributed by atoms with E-state index in [0.29, 0.717) is 5.69 Å². The molecule has 0 atom stereocenters. The third kappa shape index (κ3) is 4.18. The molecule has 0 saturated carbocycles. The molecule has 2 amide bonds. The first-order chi connectivity index (χ1) is 10.1. The number of carbonyl (C=O) groups excluding carboxylic acids is 1. The second kappa shape index (κ2) is 6.71. The molecule has 0 saturated heterocycles. The van der Waals surface area contributed by atoms with E-state index in [0.717, 1.165) is 9.78 Å². The Hall–Kier alpha value is -2.61. The molecule has 1 aromatic carbocycles. The molecule has 110 valence electrons. The van der Waals surface area contributed by atoms with Gasteiger partial charge in [-0.15, -0.1) is 11.3 Å². The van der Waals surface area contributed by atoms with Gasteiger partial charge < -0.3 is 15.5 Å². The summed E-state index contributed by atoms with van der Waals surface area (Å²) in [7, 11) is 0. The molecule has 0 aliphatic rings. The fourth-order valence-electron chi connectivity index (χ4n) is 1.64. The number of thiazole rings is 1. The van der Waals surface area contributed by atoms with Crippen molar-refractivity contribution in [2.45, 2.75) is 6.54 Å². The summed E-state index contributed by atoms with van der Waals surface area (Å²) in [6.07, 6.45) is 1.63. The van der Waals surface area contributed by atoms with Crippen LogP contribution in [0.3, 0.4) is 0 Å². The predicted octanol–water partition coefficient (Wildman–Crippen LogP) is 1.65. The Balaban J connectivity index is 2.09. The molecule has 7 nitrogen and oxygen atoms in total. The molecular formula is C13H13N3O4S. The summed E-state index contributed by atoms with van der Waals surface area (Å²) in [5, 5.41) is 20.8. The van der Waals surface area contributed by atoms with Gasteiger partial charge in [-0.05, 0) is 24.3 Å². The highest BCUT2D eigenvalue weighted by atomic mass is 32.1. The lowest BCUT2D eigenvalue weighted by Crippen LogP contribution is -2.42. The van der Waals surface area contributed by atoms with E-state index < -0.39 is 18.5 Å². The van der Waals surface area contributed by atoms with Gasteiger partial charge in [-0.3, -0.25) is 14.7 Å². The summed E-state index contributed by atoms with van der Waals surface area (Å²) in [5.41, 5.74) is 2.04. The number of hydrogen-bond acceptors (Lipinski definition) is 5. The van der Waals surface area contributed by atoms with Crippen molar-refractivity contribution in [1.29, 1.82) is 0 Å². The zero-order valence-corrected chi connectivity index (χ0v) is 11.7. The van der Waals surface area contributed by atoms with Gasteiger partial charge in [-0.2, -0.15) is 0 Å². The molecule has 21 heavy (non-hydrogen) atoms. The van der Waals surface area contributed by atoms with Crippen molar-refractivity contribution < 1.29 is 19.8 Å². The standard InChI is InChI=1S/C13H13N3O4S/c17-10-3-1-9(2-4-10)16(7-12(18)19)13(20)15-6-11-5-14-8-21-11/h1-5,8,17H,6-7H2,(H,15,20)(H,18,19). The fourth-order valence-corrected chi connectivity index (χ4v) is 2.17. The maximum atomic E-state index is 12.1. The number of aromatic nitrogens is 1. The van der Waals surface area contributed by atoms with Crippen molar-refractivity contribution in [3.05, 3.63) is 40.8 Å². The van der Waals surface area contributed by atoms with Crippen LogP contribution in [0.25, 0.3) is 0 Å². The molecule has 1 aromatic heterocycles. The van der Waals surface area contributed by atoms with Crippen molar-refractivity contribution in [3.63, 3.8) is 0 Å². The van der Waals surface area contributed by atoms with E-state index >= 15 is 0 Å². The molecular weight excluding hydrogens is 294 g/mol. The number of phenolic OH excluding ortho intramolecular Hbond substituents is 1. The van der Waals surface area contributed by atoms with Crippen molar-refractivity contribution in [2.75, 3.05) is 11.4 Å². The number of hydrogen-bond donors (Lipinski definition) is 3. The molecule has 8 heteroatoms. The summed E-state index contributed by atoms with van der Waals surface area (Å²) in [6.45, 7) is -0.197. The average molecular weight is 307 g/mol. The van der Waals surface area contributed by atoms with Crippen molar-refractivity contribution in [2.24, 2.45) is 0 Å². The fraction of sp³-hybridized carbons (Fsp3) is 0.154. The van der Waals surface area contributed by atoms with Gasteiger partial charge in [0, 0.05) is 16.8 Å². The van der Waals surface area contributed by atoms with Gasteiger partial charge in [-0.1, -0.05) is 0 Å². The summed E-state index contributed by atoms with van der Waals surface area (Å²) in [4.78, 5) is 28.9. The van der Waals surface area contributed by atoms with E-state index in [4.69, 9.17) is 5.11 Å². The number of phenols is 1. The van der Waals surface area contributed by atoms with Crippen molar-refractivity contribution >= 4 is 29.0 Å². The molecule has 0 spiro atoms. The molecule has 2 rings (SSSR count). The molecule has 0 radical (unpaired) electrons. The lowest BCUT2D eigenvalue weighted by molar-refractivity contribution is -0.135. The van der Waals surface area contributed by atoms with Crippen LogP contribution in [0.5, 0.6) is 5.75 Å².